The van der Waals surface area contributed by atoms with Crippen molar-refractivity contribution in [2.45, 2.75) is 31.8 Å². The van der Waals surface area contributed by atoms with Crippen molar-refractivity contribution in [2.75, 3.05) is 40.4 Å². The zero-order valence-corrected chi connectivity index (χ0v) is 13.3. The lowest BCUT2D eigenvalue weighted by Gasteiger charge is -2.36. The van der Waals surface area contributed by atoms with Crippen LogP contribution in [0.25, 0.3) is 0 Å². The van der Waals surface area contributed by atoms with Crippen LogP contribution >= 0.6 is 0 Å². The maximum absolute atomic E-state index is 8.91. The zero-order chi connectivity index (χ0) is 15.1. The molecule has 2 rings (SSSR count). The van der Waals surface area contributed by atoms with Gasteiger partial charge in [-0.3, -0.25) is 4.90 Å². The van der Waals surface area contributed by atoms with Crippen LogP contribution in [0.2, 0.25) is 0 Å². The Labute approximate surface area is 128 Å². The fourth-order valence-corrected chi connectivity index (χ4v) is 3.01. The highest BCUT2D eigenvalue weighted by Crippen LogP contribution is 2.19. The van der Waals surface area contributed by atoms with Gasteiger partial charge in [0.05, 0.1) is 7.11 Å². The highest BCUT2D eigenvalue weighted by atomic mass is 16.5. The van der Waals surface area contributed by atoms with Crippen molar-refractivity contribution in [1.82, 2.24) is 9.80 Å². The van der Waals surface area contributed by atoms with Gasteiger partial charge in [-0.05, 0) is 57.1 Å². The normalized spacial score (nSPS) is 17.3. The minimum absolute atomic E-state index is 0.292. The molecule has 1 saturated heterocycles. The number of hydrogen-bond acceptors (Lipinski definition) is 4. The molecule has 1 aromatic carbocycles. The monoisotopic (exact) mass is 292 g/mol. The van der Waals surface area contributed by atoms with Crippen LogP contribution in [0.15, 0.2) is 24.3 Å². The predicted molar refractivity (Wildman–Crippen MR) is 85.6 cm³/mol. The van der Waals surface area contributed by atoms with Crippen molar-refractivity contribution in [3.63, 3.8) is 0 Å². The largest absolute Gasteiger partial charge is 0.497 e. The van der Waals surface area contributed by atoms with E-state index in [0.717, 1.165) is 38.3 Å². The molecule has 0 bridgehead atoms. The molecule has 118 valence electrons. The molecule has 0 amide bonds. The quantitative estimate of drug-likeness (QED) is 0.833. The van der Waals surface area contributed by atoms with E-state index in [-0.39, 0.29) is 0 Å². The molecular formula is C17H28N2O2. The standard InChI is InChI=1S/C17H28N2O2/c1-18(10-3-13-20)16-8-11-19(12-9-16)14-15-4-6-17(21-2)7-5-15/h4-7,16,20H,3,8-14H2,1-2H3. The summed E-state index contributed by atoms with van der Waals surface area (Å²) >= 11 is 0. The number of hydrogen-bond donors (Lipinski definition) is 1. The average Bonchev–Trinajstić information content (AvgIpc) is 2.54. The number of benzene rings is 1. The first kappa shape index (κ1) is 16.3. The summed E-state index contributed by atoms with van der Waals surface area (Å²) in [5.74, 6) is 0.919. The van der Waals surface area contributed by atoms with Gasteiger partial charge in [0, 0.05) is 25.7 Å². The van der Waals surface area contributed by atoms with Crippen molar-refractivity contribution < 1.29 is 9.84 Å². The van der Waals surface area contributed by atoms with Crippen molar-refractivity contribution in [3.05, 3.63) is 29.8 Å². The zero-order valence-electron chi connectivity index (χ0n) is 13.3. The van der Waals surface area contributed by atoms with E-state index in [9.17, 15) is 0 Å². The Morgan fingerprint density at radius 3 is 2.48 bits per heavy atom. The summed E-state index contributed by atoms with van der Waals surface area (Å²) in [6, 6.07) is 9.04. The number of nitrogens with zero attached hydrogens (tertiary/aromatic N) is 2. The number of likely N-dealkylation sites (tertiary alicyclic amines) is 1. The summed E-state index contributed by atoms with van der Waals surface area (Å²) in [5, 5.41) is 8.91. The summed E-state index contributed by atoms with van der Waals surface area (Å²) in [6.07, 6.45) is 3.32. The molecule has 4 heteroatoms. The van der Waals surface area contributed by atoms with Crippen LogP contribution in [0.1, 0.15) is 24.8 Å². The lowest BCUT2D eigenvalue weighted by molar-refractivity contribution is 0.117. The van der Waals surface area contributed by atoms with Crippen LogP contribution in [-0.4, -0.2) is 61.3 Å². The molecule has 1 aliphatic rings. The summed E-state index contributed by atoms with van der Waals surface area (Å²) in [4.78, 5) is 4.93. The first-order valence-electron chi connectivity index (χ1n) is 7.89. The molecule has 0 unspecified atom stereocenters. The van der Waals surface area contributed by atoms with Gasteiger partial charge in [0.1, 0.15) is 5.75 Å². The molecule has 1 aromatic rings. The number of aliphatic hydroxyl groups is 1. The fraction of sp³-hybridized carbons (Fsp3) is 0.647. The van der Waals surface area contributed by atoms with Crippen molar-refractivity contribution in [1.29, 1.82) is 0 Å². The molecule has 1 fully saturated rings. The summed E-state index contributed by atoms with van der Waals surface area (Å²) in [7, 11) is 3.88. The second-order valence-electron chi connectivity index (χ2n) is 5.91. The van der Waals surface area contributed by atoms with Gasteiger partial charge in [-0.25, -0.2) is 0 Å². The van der Waals surface area contributed by atoms with Gasteiger partial charge in [-0.1, -0.05) is 12.1 Å². The lowest BCUT2D eigenvalue weighted by atomic mass is 10.0. The fourth-order valence-electron chi connectivity index (χ4n) is 3.01. The van der Waals surface area contributed by atoms with E-state index >= 15 is 0 Å². The van der Waals surface area contributed by atoms with Crippen LogP contribution < -0.4 is 4.74 Å². The topological polar surface area (TPSA) is 35.9 Å². The predicted octanol–water partition coefficient (Wildman–Crippen LogP) is 1.97. The Hall–Kier alpha value is -1.10. The third-order valence-electron chi connectivity index (χ3n) is 4.41. The molecule has 0 aromatic heterocycles. The number of ether oxygens (including phenoxy) is 1. The number of methoxy groups -OCH3 is 1. The second kappa shape index (κ2) is 8.37. The Bertz CT molecular complexity index is 400. The van der Waals surface area contributed by atoms with Crippen LogP contribution in [0.5, 0.6) is 5.75 Å². The SMILES string of the molecule is COc1ccc(CN2CCC(N(C)CCCO)CC2)cc1. The third kappa shape index (κ3) is 4.99. The molecule has 1 N–H and O–H groups in total. The van der Waals surface area contributed by atoms with E-state index in [1.54, 1.807) is 7.11 Å². The second-order valence-corrected chi connectivity index (χ2v) is 5.91. The Morgan fingerprint density at radius 1 is 1.24 bits per heavy atom. The number of aliphatic hydroxyl groups excluding tert-OH is 1. The first-order valence-corrected chi connectivity index (χ1v) is 7.89. The van der Waals surface area contributed by atoms with E-state index in [0.29, 0.717) is 12.6 Å². The molecule has 0 radical (unpaired) electrons. The van der Waals surface area contributed by atoms with Gasteiger partial charge in [0.2, 0.25) is 0 Å². The Balaban J connectivity index is 1.75. The molecule has 1 heterocycles. The maximum atomic E-state index is 8.91. The molecule has 0 saturated carbocycles. The molecule has 0 spiro atoms. The van der Waals surface area contributed by atoms with Gasteiger partial charge < -0.3 is 14.7 Å². The van der Waals surface area contributed by atoms with Gasteiger partial charge in [-0.2, -0.15) is 0 Å². The van der Waals surface area contributed by atoms with E-state index < -0.39 is 0 Å². The summed E-state index contributed by atoms with van der Waals surface area (Å²) in [6.45, 7) is 4.62. The van der Waals surface area contributed by atoms with Crippen LogP contribution in [0.3, 0.4) is 0 Å². The van der Waals surface area contributed by atoms with Crippen molar-refractivity contribution >= 4 is 0 Å². The molecule has 1 aliphatic heterocycles. The van der Waals surface area contributed by atoms with E-state index in [2.05, 4.69) is 29.0 Å². The summed E-state index contributed by atoms with van der Waals surface area (Å²) < 4.78 is 5.19. The number of piperidine rings is 1. The van der Waals surface area contributed by atoms with E-state index in [1.807, 2.05) is 12.1 Å². The van der Waals surface area contributed by atoms with Gasteiger partial charge >= 0.3 is 0 Å². The minimum atomic E-state index is 0.292. The smallest absolute Gasteiger partial charge is 0.118 e. The van der Waals surface area contributed by atoms with Crippen LogP contribution in [0, 0.1) is 0 Å². The maximum Gasteiger partial charge on any atom is 0.118 e. The van der Waals surface area contributed by atoms with Crippen LogP contribution in [-0.2, 0) is 6.54 Å². The first-order chi connectivity index (χ1) is 10.2. The Kier molecular flexibility index (Phi) is 6.49. The minimum Gasteiger partial charge on any atom is -0.497 e. The average molecular weight is 292 g/mol. The third-order valence-corrected chi connectivity index (χ3v) is 4.41. The van der Waals surface area contributed by atoms with E-state index in [4.69, 9.17) is 9.84 Å². The lowest BCUT2D eigenvalue weighted by Crippen LogP contribution is -2.43. The van der Waals surface area contributed by atoms with Gasteiger partial charge in [0.15, 0.2) is 0 Å². The summed E-state index contributed by atoms with van der Waals surface area (Å²) in [5.41, 5.74) is 1.35. The van der Waals surface area contributed by atoms with Crippen molar-refractivity contribution in [2.24, 2.45) is 0 Å². The molecule has 21 heavy (non-hydrogen) atoms. The molecular weight excluding hydrogens is 264 g/mol. The number of rotatable bonds is 7. The molecule has 4 nitrogen and oxygen atoms in total. The van der Waals surface area contributed by atoms with E-state index in [1.165, 1.54) is 18.4 Å². The molecule has 0 aliphatic carbocycles. The van der Waals surface area contributed by atoms with Crippen molar-refractivity contribution in [3.8, 4) is 5.75 Å². The van der Waals surface area contributed by atoms with Crippen LogP contribution in [0.4, 0.5) is 0 Å². The van der Waals surface area contributed by atoms with Gasteiger partial charge in [-0.15, -0.1) is 0 Å². The van der Waals surface area contributed by atoms with Gasteiger partial charge in [0.25, 0.3) is 0 Å². The highest BCUT2D eigenvalue weighted by Gasteiger charge is 2.22. The highest BCUT2D eigenvalue weighted by molar-refractivity contribution is 5.27. The molecule has 0 atom stereocenters. The Morgan fingerprint density at radius 2 is 1.90 bits per heavy atom.